The fourth-order valence-corrected chi connectivity index (χ4v) is 4.31. The maximum absolute atomic E-state index is 12.2. The Balaban J connectivity index is 1.22. The van der Waals surface area contributed by atoms with E-state index in [2.05, 4.69) is 32.7 Å². The Morgan fingerprint density at radius 2 is 1.87 bits per heavy atom. The molecule has 2 aliphatic rings. The second-order valence-electron chi connectivity index (χ2n) is 8.59. The topological polar surface area (TPSA) is 66.5 Å². The standard InChI is InChI=1S/C25H34N4O2/c30-25(28-19-23-5-4-12-26-23)17-22-9-6-21(18-27-22)20-7-10-24(11-8-20)31-16-15-29-13-2-1-3-14-29/h6-11,18,23,26H,1-5,12-17,19H2,(H,28,30). The summed E-state index contributed by atoms with van der Waals surface area (Å²) in [6.45, 7) is 5.88. The first-order valence-corrected chi connectivity index (χ1v) is 11.7. The maximum atomic E-state index is 12.2. The number of carbonyl (C=O) groups excluding carboxylic acids is 1. The number of aromatic nitrogens is 1. The van der Waals surface area contributed by atoms with Crippen molar-refractivity contribution in [3.63, 3.8) is 0 Å². The molecule has 0 saturated carbocycles. The number of amides is 1. The molecular weight excluding hydrogens is 388 g/mol. The number of hydrogen-bond acceptors (Lipinski definition) is 5. The van der Waals surface area contributed by atoms with Crippen molar-refractivity contribution in [1.82, 2.24) is 20.5 Å². The Labute approximate surface area is 185 Å². The van der Waals surface area contributed by atoms with Crippen LogP contribution in [0.3, 0.4) is 0 Å². The van der Waals surface area contributed by atoms with Crippen LogP contribution in [0.25, 0.3) is 11.1 Å². The van der Waals surface area contributed by atoms with Crippen LogP contribution in [-0.2, 0) is 11.2 Å². The van der Waals surface area contributed by atoms with Crippen LogP contribution in [0.15, 0.2) is 42.6 Å². The van der Waals surface area contributed by atoms with E-state index in [4.69, 9.17) is 4.74 Å². The predicted octanol–water partition coefficient (Wildman–Crippen LogP) is 3.02. The van der Waals surface area contributed by atoms with Crippen LogP contribution in [0.1, 0.15) is 37.8 Å². The summed E-state index contributed by atoms with van der Waals surface area (Å²) in [6, 6.07) is 12.5. The number of carbonyl (C=O) groups is 1. The minimum Gasteiger partial charge on any atom is -0.492 e. The van der Waals surface area contributed by atoms with Gasteiger partial charge < -0.3 is 15.4 Å². The van der Waals surface area contributed by atoms with Gasteiger partial charge in [-0.1, -0.05) is 24.6 Å². The number of benzene rings is 1. The van der Waals surface area contributed by atoms with Crippen molar-refractivity contribution < 1.29 is 9.53 Å². The lowest BCUT2D eigenvalue weighted by Gasteiger charge is -2.26. The van der Waals surface area contributed by atoms with E-state index in [9.17, 15) is 4.79 Å². The third-order valence-corrected chi connectivity index (χ3v) is 6.19. The van der Waals surface area contributed by atoms with Gasteiger partial charge in [0.15, 0.2) is 0 Å². The Morgan fingerprint density at radius 3 is 2.58 bits per heavy atom. The summed E-state index contributed by atoms with van der Waals surface area (Å²) in [5, 5.41) is 6.39. The summed E-state index contributed by atoms with van der Waals surface area (Å²) in [6.07, 6.45) is 8.46. The van der Waals surface area contributed by atoms with Crippen molar-refractivity contribution in [2.45, 2.75) is 44.6 Å². The molecule has 2 fully saturated rings. The van der Waals surface area contributed by atoms with Crippen molar-refractivity contribution in [3.05, 3.63) is 48.3 Å². The number of hydrogen-bond donors (Lipinski definition) is 2. The molecule has 1 unspecified atom stereocenters. The highest BCUT2D eigenvalue weighted by Crippen LogP contribution is 2.22. The molecule has 4 rings (SSSR count). The van der Waals surface area contributed by atoms with Gasteiger partial charge in [-0.25, -0.2) is 0 Å². The van der Waals surface area contributed by atoms with Gasteiger partial charge in [0, 0.05) is 36.6 Å². The molecule has 0 bridgehead atoms. The third kappa shape index (κ3) is 6.77. The van der Waals surface area contributed by atoms with Crippen molar-refractivity contribution >= 4 is 5.91 Å². The lowest BCUT2D eigenvalue weighted by atomic mass is 10.1. The van der Waals surface area contributed by atoms with E-state index in [1.165, 1.54) is 38.8 Å². The molecule has 2 saturated heterocycles. The first-order chi connectivity index (χ1) is 15.3. The highest BCUT2D eigenvalue weighted by molar-refractivity contribution is 5.78. The number of rotatable bonds is 9. The second-order valence-corrected chi connectivity index (χ2v) is 8.59. The molecule has 31 heavy (non-hydrogen) atoms. The molecule has 0 spiro atoms. The number of piperidine rings is 1. The summed E-state index contributed by atoms with van der Waals surface area (Å²) in [5.41, 5.74) is 2.93. The quantitative estimate of drug-likeness (QED) is 0.650. The van der Waals surface area contributed by atoms with Crippen LogP contribution < -0.4 is 15.4 Å². The van der Waals surface area contributed by atoms with Gasteiger partial charge in [-0.3, -0.25) is 14.7 Å². The van der Waals surface area contributed by atoms with E-state index in [0.717, 1.165) is 48.7 Å². The highest BCUT2D eigenvalue weighted by atomic mass is 16.5. The second kappa shape index (κ2) is 11.3. The van der Waals surface area contributed by atoms with Gasteiger partial charge in [0.25, 0.3) is 0 Å². The molecule has 6 heteroatoms. The molecular formula is C25H34N4O2. The first kappa shape index (κ1) is 21.8. The molecule has 2 aromatic rings. The van der Waals surface area contributed by atoms with Crippen LogP contribution in [0.4, 0.5) is 0 Å². The van der Waals surface area contributed by atoms with E-state index >= 15 is 0 Å². The molecule has 1 aromatic heterocycles. The van der Waals surface area contributed by atoms with Crippen molar-refractivity contribution in [2.24, 2.45) is 0 Å². The molecule has 3 heterocycles. The van der Waals surface area contributed by atoms with E-state index in [0.29, 0.717) is 19.0 Å². The SMILES string of the molecule is O=C(Cc1ccc(-c2ccc(OCCN3CCCCC3)cc2)cn1)NCC1CCCN1. The minimum atomic E-state index is 0.0278. The number of nitrogens with zero attached hydrogens (tertiary/aromatic N) is 2. The zero-order valence-electron chi connectivity index (χ0n) is 18.3. The molecule has 0 radical (unpaired) electrons. The van der Waals surface area contributed by atoms with Gasteiger partial charge in [0.1, 0.15) is 12.4 Å². The number of nitrogens with one attached hydrogen (secondary N) is 2. The molecule has 1 atom stereocenters. The zero-order chi connectivity index (χ0) is 21.3. The van der Waals surface area contributed by atoms with Gasteiger partial charge in [-0.05, 0) is 69.1 Å². The van der Waals surface area contributed by atoms with Crippen LogP contribution in [0, 0.1) is 0 Å². The predicted molar refractivity (Wildman–Crippen MR) is 123 cm³/mol. The van der Waals surface area contributed by atoms with Crippen LogP contribution in [0.2, 0.25) is 0 Å². The first-order valence-electron chi connectivity index (χ1n) is 11.7. The van der Waals surface area contributed by atoms with Crippen molar-refractivity contribution in [1.29, 1.82) is 0 Å². The Morgan fingerprint density at radius 1 is 1.06 bits per heavy atom. The van der Waals surface area contributed by atoms with Crippen LogP contribution >= 0.6 is 0 Å². The van der Waals surface area contributed by atoms with Crippen LogP contribution in [-0.4, -0.2) is 61.2 Å². The molecule has 1 aromatic carbocycles. The zero-order valence-corrected chi connectivity index (χ0v) is 18.3. The van der Waals surface area contributed by atoms with Gasteiger partial charge in [0.05, 0.1) is 6.42 Å². The van der Waals surface area contributed by atoms with Gasteiger partial charge in [0.2, 0.25) is 5.91 Å². The van der Waals surface area contributed by atoms with E-state index in [-0.39, 0.29) is 5.91 Å². The molecule has 2 N–H and O–H groups in total. The van der Waals surface area contributed by atoms with Crippen molar-refractivity contribution in [3.8, 4) is 16.9 Å². The number of ether oxygens (including phenoxy) is 1. The summed E-state index contributed by atoms with van der Waals surface area (Å²) >= 11 is 0. The summed E-state index contributed by atoms with van der Waals surface area (Å²) in [7, 11) is 0. The molecule has 166 valence electrons. The average Bonchev–Trinajstić information content (AvgIpc) is 3.33. The van der Waals surface area contributed by atoms with E-state index < -0.39 is 0 Å². The Hall–Kier alpha value is -2.44. The average molecular weight is 423 g/mol. The minimum absolute atomic E-state index is 0.0278. The van der Waals surface area contributed by atoms with Gasteiger partial charge in [-0.15, -0.1) is 0 Å². The fraction of sp³-hybridized carbons (Fsp3) is 0.520. The van der Waals surface area contributed by atoms with E-state index in [1.807, 2.05) is 30.5 Å². The number of likely N-dealkylation sites (tertiary alicyclic amines) is 1. The fourth-order valence-electron chi connectivity index (χ4n) is 4.31. The summed E-state index contributed by atoms with van der Waals surface area (Å²) in [5.74, 6) is 0.929. The molecule has 0 aliphatic carbocycles. The van der Waals surface area contributed by atoms with Crippen LogP contribution in [0.5, 0.6) is 5.75 Å². The van der Waals surface area contributed by atoms with Crippen molar-refractivity contribution in [2.75, 3.05) is 39.3 Å². The smallest absolute Gasteiger partial charge is 0.226 e. The highest BCUT2D eigenvalue weighted by Gasteiger charge is 2.15. The molecule has 1 amide bonds. The monoisotopic (exact) mass is 422 g/mol. The summed E-state index contributed by atoms with van der Waals surface area (Å²) in [4.78, 5) is 19.1. The largest absolute Gasteiger partial charge is 0.492 e. The summed E-state index contributed by atoms with van der Waals surface area (Å²) < 4.78 is 5.92. The normalized spacial score (nSPS) is 19.3. The van der Waals surface area contributed by atoms with E-state index in [1.54, 1.807) is 0 Å². The molecule has 6 nitrogen and oxygen atoms in total. The lowest BCUT2D eigenvalue weighted by Crippen LogP contribution is -2.37. The lowest BCUT2D eigenvalue weighted by molar-refractivity contribution is -0.120. The Kier molecular flexibility index (Phi) is 7.91. The third-order valence-electron chi connectivity index (χ3n) is 6.19. The maximum Gasteiger partial charge on any atom is 0.226 e. The number of pyridine rings is 1. The van der Waals surface area contributed by atoms with Gasteiger partial charge >= 0.3 is 0 Å². The van der Waals surface area contributed by atoms with Gasteiger partial charge in [-0.2, -0.15) is 0 Å². The Bertz CT molecular complexity index is 810. The molecule has 2 aliphatic heterocycles.